The average Bonchev–Trinajstić information content (AvgIpc) is 2.79. The van der Waals surface area contributed by atoms with Gasteiger partial charge in [-0.1, -0.05) is 78.9 Å². The normalized spacial score (nSPS) is 13.3. The maximum Gasteiger partial charge on any atom is 0.0455 e. The minimum atomic E-state index is 0.965. The maximum atomic E-state index is 2.38. The average molecular weight is 366 g/mol. The number of nitrogens with zero attached hydrogens (tertiary/aromatic N) is 1. The van der Waals surface area contributed by atoms with Crippen LogP contribution in [0.4, 0.5) is 5.69 Å². The van der Waals surface area contributed by atoms with Gasteiger partial charge in [0.05, 0.1) is 0 Å². The summed E-state index contributed by atoms with van der Waals surface area (Å²) in [5, 5.41) is 0. The van der Waals surface area contributed by atoms with Crippen molar-refractivity contribution in [3.8, 4) is 22.3 Å². The molecule has 0 aliphatic heterocycles. The summed E-state index contributed by atoms with van der Waals surface area (Å²) in [7, 11) is 2.19. The first-order valence-corrected chi connectivity index (χ1v) is 10.1. The molecule has 140 valence electrons. The molecule has 1 aliphatic carbocycles. The van der Waals surface area contributed by atoms with Crippen molar-refractivity contribution in [1.29, 1.82) is 0 Å². The van der Waals surface area contributed by atoms with Gasteiger partial charge in [-0.3, -0.25) is 0 Å². The van der Waals surface area contributed by atoms with E-state index in [0.717, 1.165) is 19.4 Å². The summed E-state index contributed by atoms with van der Waals surface area (Å²) in [6.45, 7) is 3.18. The van der Waals surface area contributed by atoms with Gasteiger partial charge in [0, 0.05) is 24.8 Å². The Bertz CT molecular complexity index is 997. The van der Waals surface area contributed by atoms with Crippen LogP contribution in [0.25, 0.3) is 27.8 Å². The molecule has 0 unspecified atom stereocenters. The lowest BCUT2D eigenvalue weighted by molar-refractivity contribution is 0.969. The van der Waals surface area contributed by atoms with Gasteiger partial charge in [0.1, 0.15) is 0 Å². The van der Waals surface area contributed by atoms with Crippen molar-refractivity contribution in [1.82, 2.24) is 0 Å². The van der Waals surface area contributed by atoms with Gasteiger partial charge in [-0.2, -0.15) is 0 Å². The molecular weight excluding hydrogens is 338 g/mol. The van der Waals surface area contributed by atoms with Crippen molar-refractivity contribution in [2.24, 2.45) is 0 Å². The van der Waals surface area contributed by atoms with E-state index in [1.807, 2.05) is 0 Å². The first-order chi connectivity index (χ1) is 13.8. The number of rotatable bonds is 5. The number of benzene rings is 3. The van der Waals surface area contributed by atoms with E-state index in [4.69, 9.17) is 0 Å². The quantitative estimate of drug-likeness (QED) is 0.462. The first kappa shape index (κ1) is 18.3. The summed E-state index contributed by atoms with van der Waals surface area (Å²) in [5.41, 5.74) is 9.05. The van der Waals surface area contributed by atoms with Crippen LogP contribution in [0, 0.1) is 0 Å². The lowest BCUT2D eigenvalue weighted by Crippen LogP contribution is -2.17. The lowest BCUT2D eigenvalue weighted by atomic mass is 9.87. The molecule has 0 atom stereocenters. The second-order valence-corrected chi connectivity index (χ2v) is 7.30. The highest BCUT2D eigenvalue weighted by atomic mass is 15.1. The van der Waals surface area contributed by atoms with Crippen LogP contribution in [-0.4, -0.2) is 13.6 Å². The highest BCUT2D eigenvalue weighted by Gasteiger charge is 2.18. The SMILES string of the molecule is CCN(C)c1cc(-c2ccccc2)cc(C2=CCCC=C2)c1-c1ccccc1. The molecule has 0 saturated carbocycles. The fourth-order valence-electron chi connectivity index (χ4n) is 3.84. The van der Waals surface area contributed by atoms with E-state index in [1.165, 1.54) is 39.1 Å². The smallest absolute Gasteiger partial charge is 0.0455 e. The molecule has 3 aromatic rings. The Hall–Kier alpha value is -3.06. The number of hydrogen-bond donors (Lipinski definition) is 0. The standard InChI is InChI=1S/C27H27N/c1-3-28(2)26-20-24(21-13-7-4-8-14-21)19-25(22-15-9-5-10-16-22)27(26)23-17-11-6-12-18-23/h4,6-9,11-20H,3,5,10H2,1-2H3. The Labute approximate surface area is 168 Å². The Balaban J connectivity index is 2.02. The molecule has 0 heterocycles. The molecule has 1 heteroatoms. The van der Waals surface area contributed by atoms with Gasteiger partial charge >= 0.3 is 0 Å². The van der Waals surface area contributed by atoms with Gasteiger partial charge < -0.3 is 4.90 Å². The molecule has 1 nitrogen and oxygen atoms in total. The number of hydrogen-bond acceptors (Lipinski definition) is 1. The Morgan fingerprint density at radius 1 is 0.786 bits per heavy atom. The van der Waals surface area contributed by atoms with Crippen molar-refractivity contribution in [3.63, 3.8) is 0 Å². The molecule has 0 N–H and O–H groups in total. The minimum absolute atomic E-state index is 0.965. The molecule has 0 radical (unpaired) electrons. The van der Waals surface area contributed by atoms with Gasteiger partial charge in [0.25, 0.3) is 0 Å². The van der Waals surface area contributed by atoms with Gasteiger partial charge in [-0.25, -0.2) is 0 Å². The molecule has 0 spiro atoms. The maximum absolute atomic E-state index is 2.38. The first-order valence-electron chi connectivity index (χ1n) is 10.1. The van der Waals surface area contributed by atoms with E-state index in [-0.39, 0.29) is 0 Å². The number of anilines is 1. The highest BCUT2D eigenvalue weighted by Crippen LogP contribution is 2.41. The van der Waals surface area contributed by atoms with Gasteiger partial charge in [-0.05, 0) is 59.7 Å². The van der Waals surface area contributed by atoms with Crippen LogP contribution in [0.1, 0.15) is 25.3 Å². The predicted octanol–water partition coefficient (Wildman–Crippen LogP) is 7.21. The third-order valence-electron chi connectivity index (χ3n) is 5.48. The van der Waals surface area contributed by atoms with Crippen LogP contribution in [0.3, 0.4) is 0 Å². The summed E-state index contributed by atoms with van der Waals surface area (Å²) in [6.07, 6.45) is 9.20. The van der Waals surface area contributed by atoms with Crippen molar-refractivity contribution < 1.29 is 0 Å². The van der Waals surface area contributed by atoms with Crippen LogP contribution in [0.15, 0.2) is 91.0 Å². The van der Waals surface area contributed by atoms with Crippen molar-refractivity contribution >= 4 is 11.3 Å². The summed E-state index contributed by atoms with van der Waals surface area (Å²) < 4.78 is 0. The van der Waals surface area contributed by atoms with Crippen LogP contribution < -0.4 is 4.90 Å². The van der Waals surface area contributed by atoms with Gasteiger partial charge in [-0.15, -0.1) is 0 Å². The zero-order chi connectivity index (χ0) is 19.3. The molecule has 0 fully saturated rings. The lowest BCUT2D eigenvalue weighted by Gasteiger charge is -2.26. The van der Waals surface area contributed by atoms with Crippen LogP contribution in [-0.2, 0) is 0 Å². The molecule has 0 aromatic heterocycles. The van der Waals surface area contributed by atoms with Gasteiger partial charge in [0.2, 0.25) is 0 Å². The third kappa shape index (κ3) is 3.66. The van der Waals surface area contributed by atoms with E-state index < -0.39 is 0 Å². The largest absolute Gasteiger partial charge is 0.374 e. The van der Waals surface area contributed by atoms with Crippen LogP contribution in [0.5, 0.6) is 0 Å². The fourth-order valence-corrected chi connectivity index (χ4v) is 3.84. The summed E-state index contributed by atoms with van der Waals surface area (Å²) in [5.74, 6) is 0. The van der Waals surface area contributed by atoms with Crippen LogP contribution in [0.2, 0.25) is 0 Å². The molecule has 0 saturated heterocycles. The molecule has 0 bridgehead atoms. The summed E-state index contributed by atoms with van der Waals surface area (Å²) >= 11 is 0. The second-order valence-electron chi connectivity index (χ2n) is 7.30. The van der Waals surface area contributed by atoms with Crippen molar-refractivity contribution in [2.45, 2.75) is 19.8 Å². The zero-order valence-corrected chi connectivity index (χ0v) is 16.7. The predicted molar refractivity (Wildman–Crippen MR) is 123 cm³/mol. The topological polar surface area (TPSA) is 3.24 Å². The van der Waals surface area contributed by atoms with E-state index in [2.05, 4.69) is 110 Å². The minimum Gasteiger partial charge on any atom is -0.374 e. The van der Waals surface area contributed by atoms with E-state index >= 15 is 0 Å². The molecule has 3 aromatic carbocycles. The molecule has 0 amide bonds. The third-order valence-corrected chi connectivity index (χ3v) is 5.48. The number of allylic oxidation sites excluding steroid dienone is 4. The second kappa shape index (κ2) is 8.31. The summed E-state index contributed by atoms with van der Waals surface area (Å²) in [4.78, 5) is 2.35. The summed E-state index contributed by atoms with van der Waals surface area (Å²) in [6, 6.07) is 26.2. The molecule has 4 rings (SSSR count). The Morgan fingerprint density at radius 2 is 1.46 bits per heavy atom. The molecule has 1 aliphatic rings. The Kier molecular flexibility index (Phi) is 5.43. The highest BCUT2D eigenvalue weighted by molar-refractivity contribution is 5.95. The van der Waals surface area contributed by atoms with Crippen molar-refractivity contribution in [3.05, 3.63) is 96.6 Å². The van der Waals surface area contributed by atoms with E-state index in [1.54, 1.807) is 0 Å². The van der Waals surface area contributed by atoms with E-state index in [0.29, 0.717) is 0 Å². The van der Waals surface area contributed by atoms with Crippen molar-refractivity contribution in [2.75, 3.05) is 18.5 Å². The molecular formula is C27H27N. The van der Waals surface area contributed by atoms with Gasteiger partial charge in [0.15, 0.2) is 0 Å². The zero-order valence-electron chi connectivity index (χ0n) is 16.7. The Morgan fingerprint density at radius 3 is 2.07 bits per heavy atom. The van der Waals surface area contributed by atoms with E-state index in [9.17, 15) is 0 Å². The fraction of sp³-hybridized carbons (Fsp3) is 0.185. The molecule has 28 heavy (non-hydrogen) atoms. The monoisotopic (exact) mass is 365 g/mol. The van der Waals surface area contributed by atoms with Crippen LogP contribution >= 0.6 is 0 Å².